The highest BCUT2D eigenvalue weighted by Crippen LogP contribution is 2.23. The van der Waals surface area contributed by atoms with Gasteiger partial charge in [0.05, 0.1) is 17.9 Å². The van der Waals surface area contributed by atoms with E-state index in [0.29, 0.717) is 0 Å². The summed E-state index contributed by atoms with van der Waals surface area (Å²) in [7, 11) is 4.11. The fourth-order valence-corrected chi connectivity index (χ4v) is 2.44. The molecular formula is C16H25N5. The third-order valence-corrected chi connectivity index (χ3v) is 3.53. The second-order valence-corrected chi connectivity index (χ2v) is 5.36. The van der Waals surface area contributed by atoms with Crippen LogP contribution >= 0.6 is 0 Å². The van der Waals surface area contributed by atoms with Crippen molar-refractivity contribution >= 4 is 5.69 Å². The second kappa shape index (κ2) is 7.22. The lowest BCUT2D eigenvalue weighted by molar-refractivity contribution is 0.511. The van der Waals surface area contributed by atoms with Crippen molar-refractivity contribution in [3.05, 3.63) is 41.7 Å². The first-order valence-corrected chi connectivity index (χ1v) is 7.56. The van der Waals surface area contributed by atoms with Gasteiger partial charge in [0.1, 0.15) is 0 Å². The third kappa shape index (κ3) is 3.61. The average molecular weight is 287 g/mol. The fourth-order valence-electron chi connectivity index (χ4n) is 2.44. The average Bonchev–Trinajstić information content (AvgIpc) is 2.93. The predicted octanol–water partition coefficient (Wildman–Crippen LogP) is 2.45. The molecule has 114 valence electrons. The number of hydrogen-bond donors (Lipinski definition) is 1. The highest BCUT2D eigenvalue weighted by Gasteiger charge is 2.18. The van der Waals surface area contributed by atoms with E-state index in [1.54, 1.807) is 0 Å². The van der Waals surface area contributed by atoms with E-state index in [1.807, 2.05) is 10.9 Å². The van der Waals surface area contributed by atoms with E-state index in [9.17, 15) is 0 Å². The topological polar surface area (TPSA) is 46.0 Å². The van der Waals surface area contributed by atoms with Crippen molar-refractivity contribution in [2.24, 2.45) is 0 Å². The normalized spacial score (nSPS) is 12.4. The molecule has 1 heterocycles. The minimum absolute atomic E-state index is 0.132. The Labute approximate surface area is 127 Å². The number of nitrogens with zero attached hydrogens (tertiary/aromatic N) is 4. The SMILES string of the molecule is CCCn1nncc1C(NCC)c1ccc(N(C)C)cc1. The molecule has 0 bridgehead atoms. The van der Waals surface area contributed by atoms with Gasteiger partial charge in [-0.3, -0.25) is 0 Å². The van der Waals surface area contributed by atoms with E-state index in [4.69, 9.17) is 0 Å². The molecule has 2 aromatic rings. The Bertz CT molecular complexity index is 544. The summed E-state index contributed by atoms with van der Waals surface area (Å²) in [6.07, 6.45) is 2.91. The van der Waals surface area contributed by atoms with Crippen molar-refractivity contribution in [2.45, 2.75) is 32.9 Å². The van der Waals surface area contributed by atoms with Gasteiger partial charge in [-0.15, -0.1) is 5.10 Å². The van der Waals surface area contributed by atoms with Gasteiger partial charge in [0.25, 0.3) is 0 Å². The molecule has 0 aliphatic heterocycles. The Morgan fingerprint density at radius 3 is 2.48 bits per heavy atom. The van der Waals surface area contributed by atoms with Crippen molar-refractivity contribution in [3.8, 4) is 0 Å². The lowest BCUT2D eigenvalue weighted by Gasteiger charge is -2.20. The molecule has 0 saturated heterocycles. The van der Waals surface area contributed by atoms with Crippen LogP contribution < -0.4 is 10.2 Å². The van der Waals surface area contributed by atoms with Crippen molar-refractivity contribution in [2.75, 3.05) is 25.5 Å². The Balaban J connectivity index is 2.31. The summed E-state index contributed by atoms with van der Waals surface area (Å²) >= 11 is 0. The monoisotopic (exact) mass is 287 g/mol. The summed E-state index contributed by atoms with van der Waals surface area (Å²) in [5.74, 6) is 0. The van der Waals surface area contributed by atoms with Crippen molar-refractivity contribution in [3.63, 3.8) is 0 Å². The summed E-state index contributed by atoms with van der Waals surface area (Å²) < 4.78 is 1.99. The molecule has 0 aliphatic carbocycles. The van der Waals surface area contributed by atoms with Crippen LogP contribution in [0.15, 0.2) is 30.5 Å². The second-order valence-electron chi connectivity index (χ2n) is 5.36. The minimum Gasteiger partial charge on any atom is -0.378 e. The zero-order valence-electron chi connectivity index (χ0n) is 13.4. The van der Waals surface area contributed by atoms with E-state index in [-0.39, 0.29) is 6.04 Å². The van der Waals surface area contributed by atoms with Crippen molar-refractivity contribution in [1.82, 2.24) is 20.3 Å². The number of aromatic nitrogens is 3. The third-order valence-electron chi connectivity index (χ3n) is 3.53. The Morgan fingerprint density at radius 2 is 1.90 bits per heavy atom. The van der Waals surface area contributed by atoms with E-state index in [2.05, 4.69) is 72.7 Å². The Hall–Kier alpha value is -1.88. The number of nitrogens with one attached hydrogen (secondary N) is 1. The number of hydrogen-bond acceptors (Lipinski definition) is 4. The molecule has 0 spiro atoms. The molecule has 1 aromatic heterocycles. The van der Waals surface area contributed by atoms with E-state index >= 15 is 0 Å². The smallest absolute Gasteiger partial charge is 0.0801 e. The summed E-state index contributed by atoms with van der Waals surface area (Å²) in [5, 5.41) is 11.8. The summed E-state index contributed by atoms with van der Waals surface area (Å²) in [6, 6.07) is 8.77. The fraction of sp³-hybridized carbons (Fsp3) is 0.500. The zero-order chi connectivity index (χ0) is 15.2. The Kier molecular flexibility index (Phi) is 5.33. The molecule has 21 heavy (non-hydrogen) atoms. The predicted molar refractivity (Wildman–Crippen MR) is 86.6 cm³/mol. The first-order valence-electron chi connectivity index (χ1n) is 7.56. The lowest BCUT2D eigenvalue weighted by Crippen LogP contribution is -2.25. The standard InChI is InChI=1S/C16H25N5/c1-5-11-21-15(12-18-19-21)16(17-6-2)13-7-9-14(10-8-13)20(3)4/h7-10,12,16-17H,5-6,11H2,1-4H3. The number of rotatable bonds is 7. The molecule has 0 radical (unpaired) electrons. The number of benzene rings is 1. The first kappa shape index (κ1) is 15.5. The van der Waals surface area contributed by atoms with Crippen LogP contribution in [0.1, 0.15) is 37.6 Å². The van der Waals surface area contributed by atoms with Crippen molar-refractivity contribution < 1.29 is 0 Å². The maximum atomic E-state index is 4.20. The molecule has 5 heteroatoms. The molecule has 0 amide bonds. The van der Waals surface area contributed by atoms with E-state index in [1.165, 1.54) is 11.3 Å². The van der Waals surface area contributed by atoms with Gasteiger partial charge >= 0.3 is 0 Å². The summed E-state index contributed by atoms with van der Waals surface area (Å²) in [5.41, 5.74) is 3.56. The van der Waals surface area contributed by atoms with Crippen molar-refractivity contribution in [1.29, 1.82) is 0 Å². The molecule has 1 aromatic carbocycles. The van der Waals surface area contributed by atoms with Gasteiger partial charge in [0.15, 0.2) is 0 Å². The van der Waals surface area contributed by atoms with Crippen LogP contribution in [0.2, 0.25) is 0 Å². The first-order chi connectivity index (χ1) is 10.2. The van der Waals surface area contributed by atoms with E-state index < -0.39 is 0 Å². The van der Waals surface area contributed by atoms with E-state index in [0.717, 1.165) is 25.2 Å². The molecule has 0 aliphatic rings. The van der Waals surface area contributed by atoms with Crippen LogP contribution in [0.4, 0.5) is 5.69 Å². The van der Waals surface area contributed by atoms with Gasteiger partial charge in [-0.1, -0.05) is 31.2 Å². The maximum Gasteiger partial charge on any atom is 0.0801 e. The van der Waals surface area contributed by atoms with Crippen LogP contribution in [0.5, 0.6) is 0 Å². The molecule has 1 atom stereocenters. The van der Waals surface area contributed by atoms with Gasteiger partial charge in [-0.05, 0) is 30.7 Å². The van der Waals surface area contributed by atoms with Crippen LogP contribution in [0.3, 0.4) is 0 Å². The molecule has 0 fully saturated rings. The molecule has 2 rings (SSSR count). The van der Waals surface area contributed by atoms with Gasteiger partial charge in [-0.2, -0.15) is 0 Å². The molecule has 1 N–H and O–H groups in total. The largest absolute Gasteiger partial charge is 0.378 e. The van der Waals surface area contributed by atoms with Crippen LogP contribution in [0.25, 0.3) is 0 Å². The van der Waals surface area contributed by atoms with Gasteiger partial charge in [-0.25, -0.2) is 4.68 Å². The lowest BCUT2D eigenvalue weighted by atomic mass is 10.0. The van der Waals surface area contributed by atoms with Crippen LogP contribution in [-0.4, -0.2) is 35.6 Å². The maximum absolute atomic E-state index is 4.20. The quantitative estimate of drug-likeness (QED) is 0.849. The molecular weight excluding hydrogens is 262 g/mol. The van der Waals surface area contributed by atoms with Gasteiger partial charge in [0, 0.05) is 26.3 Å². The summed E-state index contributed by atoms with van der Waals surface area (Å²) in [6.45, 7) is 6.07. The molecule has 1 unspecified atom stereocenters. The molecule has 0 saturated carbocycles. The Morgan fingerprint density at radius 1 is 1.19 bits per heavy atom. The van der Waals surface area contributed by atoms with Crippen LogP contribution in [-0.2, 0) is 6.54 Å². The molecule has 5 nitrogen and oxygen atoms in total. The number of aryl methyl sites for hydroxylation is 1. The minimum atomic E-state index is 0.132. The highest BCUT2D eigenvalue weighted by atomic mass is 15.4. The van der Waals surface area contributed by atoms with Gasteiger partial charge in [0.2, 0.25) is 0 Å². The summed E-state index contributed by atoms with van der Waals surface area (Å²) in [4.78, 5) is 2.11. The number of anilines is 1. The van der Waals surface area contributed by atoms with Crippen LogP contribution in [0, 0.1) is 0 Å². The van der Waals surface area contributed by atoms with Gasteiger partial charge < -0.3 is 10.2 Å². The zero-order valence-corrected chi connectivity index (χ0v) is 13.4. The highest BCUT2D eigenvalue weighted by molar-refractivity contribution is 5.47.